The maximum Gasteiger partial charge on any atom is 0.253 e. The minimum Gasteiger partial charge on any atom is -0.338 e. The SMILES string of the molecule is Cc1ccccc1CNC1OC1O[C@@H](C)C(=O)NC1C(=O)N(C)c2ccccc2-c2ccccc21. The molecule has 2 N–H and O–H groups in total. The summed E-state index contributed by atoms with van der Waals surface area (Å²) in [6, 6.07) is 22.7. The lowest BCUT2D eigenvalue weighted by Crippen LogP contribution is -2.44. The number of fused-ring (bicyclic) bond motifs is 3. The standard InChI is InChI=1S/C28H29N3O4/c1-17-10-4-5-11-19(17)16-29-26-28(35-26)34-18(2)25(32)30-24-22-14-7-6-12-20(22)21-13-8-9-15-23(21)31(3)27(24)33/h4-15,18,24,26,28-29H,16H2,1-3H3,(H,30,32)/t18-,24?,26?,28?/m0/s1. The molecule has 3 unspecified atom stereocenters. The number of nitrogens with one attached hydrogen (secondary N) is 2. The van der Waals surface area contributed by atoms with Crippen LogP contribution in [-0.2, 0) is 25.6 Å². The van der Waals surface area contributed by atoms with Gasteiger partial charge in [0.15, 0.2) is 12.5 Å². The van der Waals surface area contributed by atoms with Gasteiger partial charge in [-0.1, -0.05) is 66.7 Å². The molecule has 3 aromatic rings. The predicted octanol–water partition coefficient (Wildman–Crippen LogP) is 3.67. The van der Waals surface area contributed by atoms with Gasteiger partial charge in [0.25, 0.3) is 5.91 Å². The van der Waals surface area contributed by atoms with Crippen molar-refractivity contribution < 1.29 is 19.1 Å². The van der Waals surface area contributed by atoms with Crippen molar-refractivity contribution in [3.8, 4) is 11.1 Å². The first-order chi connectivity index (χ1) is 16.9. The Hall–Kier alpha value is -3.52. The summed E-state index contributed by atoms with van der Waals surface area (Å²) in [6.45, 7) is 4.38. The Bertz CT molecular complexity index is 1260. The summed E-state index contributed by atoms with van der Waals surface area (Å²) in [7, 11) is 1.73. The van der Waals surface area contributed by atoms with E-state index in [1.54, 1.807) is 18.9 Å². The monoisotopic (exact) mass is 471 g/mol. The maximum atomic E-state index is 13.4. The summed E-state index contributed by atoms with van der Waals surface area (Å²) in [6.07, 6.45) is -1.57. The van der Waals surface area contributed by atoms with Crippen molar-refractivity contribution in [3.05, 3.63) is 89.5 Å². The maximum absolute atomic E-state index is 13.4. The van der Waals surface area contributed by atoms with Gasteiger partial charge in [-0.05, 0) is 42.2 Å². The quantitative estimate of drug-likeness (QED) is 0.514. The molecule has 35 heavy (non-hydrogen) atoms. The van der Waals surface area contributed by atoms with Gasteiger partial charge in [-0.15, -0.1) is 0 Å². The fourth-order valence-electron chi connectivity index (χ4n) is 4.46. The van der Waals surface area contributed by atoms with E-state index in [0.717, 1.165) is 22.4 Å². The Morgan fingerprint density at radius 3 is 2.51 bits per heavy atom. The van der Waals surface area contributed by atoms with Crippen LogP contribution in [0.15, 0.2) is 72.8 Å². The van der Waals surface area contributed by atoms with Crippen LogP contribution in [0, 0.1) is 6.92 Å². The highest BCUT2D eigenvalue weighted by molar-refractivity contribution is 6.06. The first kappa shape index (κ1) is 23.2. The minimum atomic E-state index is -0.822. The first-order valence-electron chi connectivity index (χ1n) is 11.8. The van der Waals surface area contributed by atoms with Gasteiger partial charge in [0.2, 0.25) is 5.91 Å². The van der Waals surface area contributed by atoms with E-state index in [1.807, 2.05) is 60.7 Å². The van der Waals surface area contributed by atoms with Crippen LogP contribution in [-0.4, -0.2) is 37.5 Å². The summed E-state index contributed by atoms with van der Waals surface area (Å²) in [4.78, 5) is 28.1. The average molecular weight is 472 g/mol. The molecule has 7 nitrogen and oxygen atoms in total. The van der Waals surface area contributed by atoms with Crippen molar-refractivity contribution in [1.82, 2.24) is 10.6 Å². The molecule has 180 valence electrons. The second-order valence-corrected chi connectivity index (χ2v) is 8.95. The first-order valence-corrected chi connectivity index (χ1v) is 11.8. The number of anilines is 1. The normalized spacial score (nSPS) is 21.5. The molecule has 5 rings (SSSR count). The highest BCUT2D eigenvalue weighted by atomic mass is 16.8. The van der Waals surface area contributed by atoms with E-state index in [0.29, 0.717) is 6.54 Å². The number of ether oxygens (including phenoxy) is 2. The number of nitrogens with zero attached hydrogens (tertiary/aromatic N) is 1. The van der Waals surface area contributed by atoms with Crippen molar-refractivity contribution in [2.75, 3.05) is 11.9 Å². The van der Waals surface area contributed by atoms with Gasteiger partial charge in [0.1, 0.15) is 12.1 Å². The van der Waals surface area contributed by atoms with Gasteiger partial charge in [-0.25, -0.2) is 0 Å². The number of hydrogen-bond acceptors (Lipinski definition) is 5. The number of carbonyl (C=O) groups excluding carboxylic acids is 2. The van der Waals surface area contributed by atoms with E-state index in [2.05, 4.69) is 29.7 Å². The molecule has 0 saturated carbocycles. The number of rotatable bonds is 7. The predicted molar refractivity (Wildman–Crippen MR) is 133 cm³/mol. The number of likely N-dealkylation sites (N-methyl/N-ethyl adjacent to an activating group) is 1. The summed E-state index contributed by atoms with van der Waals surface area (Å²) in [5.74, 6) is -0.575. The molecule has 7 heteroatoms. The smallest absolute Gasteiger partial charge is 0.253 e. The Balaban J connectivity index is 1.24. The van der Waals surface area contributed by atoms with Crippen LogP contribution in [0.2, 0.25) is 0 Å². The molecule has 1 fully saturated rings. The van der Waals surface area contributed by atoms with Crippen LogP contribution in [0.1, 0.15) is 29.7 Å². The van der Waals surface area contributed by atoms with E-state index in [9.17, 15) is 9.59 Å². The number of aryl methyl sites for hydroxylation is 1. The van der Waals surface area contributed by atoms with Gasteiger partial charge in [-0.2, -0.15) is 0 Å². The number of epoxide rings is 1. The molecule has 0 radical (unpaired) electrons. The van der Waals surface area contributed by atoms with Crippen LogP contribution in [0.5, 0.6) is 0 Å². The lowest BCUT2D eigenvalue weighted by molar-refractivity contribution is -0.138. The molecule has 2 aliphatic heterocycles. The Kier molecular flexibility index (Phi) is 6.38. The highest BCUT2D eigenvalue weighted by Crippen LogP contribution is 2.39. The third-order valence-electron chi connectivity index (χ3n) is 6.61. The molecule has 2 heterocycles. The summed E-state index contributed by atoms with van der Waals surface area (Å²) in [5.41, 5.74) is 5.82. The number of carbonyl (C=O) groups is 2. The van der Waals surface area contributed by atoms with Gasteiger partial charge < -0.3 is 19.7 Å². The van der Waals surface area contributed by atoms with Crippen molar-refractivity contribution >= 4 is 17.5 Å². The highest BCUT2D eigenvalue weighted by Gasteiger charge is 2.42. The lowest BCUT2D eigenvalue weighted by atomic mass is 9.95. The number of hydrogen-bond donors (Lipinski definition) is 2. The van der Waals surface area contributed by atoms with Crippen molar-refractivity contribution in [2.24, 2.45) is 0 Å². The van der Waals surface area contributed by atoms with Gasteiger partial charge in [0, 0.05) is 19.2 Å². The van der Waals surface area contributed by atoms with Gasteiger partial charge >= 0.3 is 0 Å². The van der Waals surface area contributed by atoms with Crippen LogP contribution >= 0.6 is 0 Å². The third-order valence-corrected chi connectivity index (χ3v) is 6.61. The van der Waals surface area contributed by atoms with Crippen LogP contribution in [0.25, 0.3) is 11.1 Å². The van der Waals surface area contributed by atoms with Crippen LogP contribution in [0.3, 0.4) is 0 Å². The zero-order chi connectivity index (χ0) is 24.5. The topological polar surface area (TPSA) is 83.2 Å². The van der Waals surface area contributed by atoms with E-state index in [-0.39, 0.29) is 18.0 Å². The molecule has 0 bridgehead atoms. The number of benzene rings is 3. The van der Waals surface area contributed by atoms with E-state index in [4.69, 9.17) is 9.47 Å². The fraction of sp³-hybridized carbons (Fsp3) is 0.286. The van der Waals surface area contributed by atoms with E-state index < -0.39 is 18.4 Å². The van der Waals surface area contributed by atoms with Crippen LogP contribution in [0.4, 0.5) is 5.69 Å². The average Bonchev–Trinajstić information content (AvgIpc) is 3.63. The third kappa shape index (κ3) is 4.71. The number of amides is 2. The van der Waals surface area contributed by atoms with Gasteiger partial charge in [0.05, 0.1) is 5.69 Å². The zero-order valence-electron chi connectivity index (χ0n) is 20.0. The summed E-state index contributed by atoms with van der Waals surface area (Å²) >= 11 is 0. The van der Waals surface area contributed by atoms with Crippen molar-refractivity contribution in [2.45, 2.75) is 45.1 Å². The molecule has 0 aromatic heterocycles. The fourth-order valence-corrected chi connectivity index (χ4v) is 4.46. The second kappa shape index (κ2) is 9.62. The molecule has 0 spiro atoms. The number of para-hydroxylation sites is 1. The lowest BCUT2D eigenvalue weighted by Gasteiger charge is -2.24. The van der Waals surface area contributed by atoms with Crippen LogP contribution < -0.4 is 15.5 Å². The Morgan fingerprint density at radius 2 is 1.71 bits per heavy atom. The molecule has 0 aliphatic carbocycles. The molecule has 2 amide bonds. The largest absolute Gasteiger partial charge is 0.338 e. The van der Waals surface area contributed by atoms with Gasteiger partial charge in [-0.3, -0.25) is 14.9 Å². The summed E-state index contributed by atoms with van der Waals surface area (Å²) in [5, 5.41) is 6.21. The molecule has 1 saturated heterocycles. The Morgan fingerprint density at radius 1 is 1.03 bits per heavy atom. The zero-order valence-corrected chi connectivity index (χ0v) is 20.0. The van der Waals surface area contributed by atoms with E-state index in [1.165, 1.54) is 11.1 Å². The molecule has 3 aromatic carbocycles. The summed E-state index contributed by atoms with van der Waals surface area (Å²) < 4.78 is 11.4. The molecular weight excluding hydrogens is 442 g/mol. The molecular formula is C28H29N3O4. The van der Waals surface area contributed by atoms with E-state index >= 15 is 0 Å². The Labute approximate surface area is 205 Å². The van der Waals surface area contributed by atoms with Crippen molar-refractivity contribution in [3.63, 3.8) is 0 Å². The molecule has 4 atom stereocenters. The second-order valence-electron chi connectivity index (χ2n) is 8.95. The minimum absolute atomic E-state index is 0.205. The molecule has 2 aliphatic rings. The van der Waals surface area contributed by atoms with Crippen molar-refractivity contribution in [1.29, 1.82) is 0 Å².